The minimum atomic E-state index is -0.229. The van der Waals surface area contributed by atoms with E-state index in [1.807, 2.05) is 24.3 Å². The van der Waals surface area contributed by atoms with Crippen LogP contribution in [0.15, 0.2) is 28.7 Å². The molecule has 0 atom stereocenters. The topological polar surface area (TPSA) is 26.3 Å². The van der Waals surface area contributed by atoms with Gasteiger partial charge in [-0.05, 0) is 0 Å². The first-order valence-corrected chi connectivity index (χ1v) is 6.50. The average molecular weight is 318 g/mol. The van der Waals surface area contributed by atoms with Gasteiger partial charge in [0, 0.05) is 0 Å². The maximum absolute atomic E-state index is 11.4. The average Bonchev–Trinajstić information content (AvgIpc) is 2.56. The van der Waals surface area contributed by atoms with Crippen molar-refractivity contribution in [3.05, 3.63) is 33.2 Å². The summed E-state index contributed by atoms with van der Waals surface area (Å²) in [6.45, 7) is 0. The first-order chi connectivity index (χ1) is 6.74. The van der Waals surface area contributed by atoms with Crippen LogP contribution in [0.4, 0.5) is 0 Å². The van der Waals surface area contributed by atoms with Gasteiger partial charge in [0.25, 0.3) is 0 Å². The van der Waals surface area contributed by atoms with Gasteiger partial charge in [-0.15, -0.1) is 0 Å². The van der Waals surface area contributed by atoms with Crippen LogP contribution < -0.4 is 0 Å². The van der Waals surface area contributed by atoms with Gasteiger partial charge in [-0.3, -0.25) is 0 Å². The van der Waals surface area contributed by atoms with Crippen molar-refractivity contribution in [1.29, 1.82) is 0 Å². The predicted molar refractivity (Wildman–Crippen MR) is 59.9 cm³/mol. The molecule has 0 bridgehead atoms. The van der Waals surface area contributed by atoms with Gasteiger partial charge in [-0.25, -0.2) is 0 Å². The Balaban J connectivity index is 2.68. The molecule has 0 saturated heterocycles. The van der Waals surface area contributed by atoms with Gasteiger partial charge in [0.2, 0.25) is 0 Å². The van der Waals surface area contributed by atoms with Crippen LogP contribution in [0.2, 0.25) is 0 Å². The van der Waals surface area contributed by atoms with E-state index in [0.29, 0.717) is 0 Å². The van der Waals surface area contributed by atoms with Crippen LogP contribution in [0, 0.1) is 0 Å². The van der Waals surface area contributed by atoms with Gasteiger partial charge >= 0.3 is 95.9 Å². The summed E-state index contributed by atoms with van der Waals surface area (Å²) in [5.74, 6) is -0.229. The number of carbonyl (C=O) groups is 1. The zero-order valence-corrected chi connectivity index (χ0v) is 10.7. The third-order valence-electron chi connectivity index (χ3n) is 1.91. The number of fused-ring (bicyclic) bond motifs is 1. The molecule has 0 aliphatic rings. The third kappa shape index (κ3) is 1.54. The van der Waals surface area contributed by atoms with Gasteiger partial charge in [-0.2, -0.15) is 0 Å². The van der Waals surface area contributed by atoms with E-state index in [9.17, 15) is 4.79 Å². The van der Waals surface area contributed by atoms with E-state index in [1.165, 1.54) is 11.4 Å². The van der Waals surface area contributed by atoms with Crippen LogP contribution in [0.3, 0.4) is 0 Å². The van der Waals surface area contributed by atoms with E-state index < -0.39 is 0 Å². The number of halogens is 1. The van der Waals surface area contributed by atoms with Crippen molar-refractivity contribution in [3.63, 3.8) is 0 Å². The molecule has 1 aromatic carbocycles. The predicted octanol–water partition coefficient (Wildman–Crippen LogP) is 2.45. The van der Waals surface area contributed by atoms with E-state index in [4.69, 9.17) is 4.74 Å². The number of esters is 1. The second-order valence-corrected chi connectivity index (χ2v) is 5.73. The van der Waals surface area contributed by atoms with Crippen LogP contribution in [-0.4, -0.2) is 27.6 Å². The molecular formula is C10H7BrO2Se. The fourth-order valence-electron chi connectivity index (χ4n) is 1.24. The standard InChI is InChI=1S/C10H7BrO2Se/c1-13-10(12)9-8(11)6-4-2-3-5-7(6)14-9/h2-5H,1H3. The molecule has 0 fully saturated rings. The van der Waals surface area contributed by atoms with Crippen molar-refractivity contribution in [1.82, 2.24) is 0 Å². The maximum atomic E-state index is 11.4. The van der Waals surface area contributed by atoms with Crippen LogP contribution in [-0.2, 0) is 4.74 Å². The molecule has 4 heteroatoms. The Morgan fingerprint density at radius 3 is 2.79 bits per heavy atom. The quantitative estimate of drug-likeness (QED) is 0.596. The van der Waals surface area contributed by atoms with Crippen molar-refractivity contribution in [2.75, 3.05) is 7.11 Å². The monoisotopic (exact) mass is 318 g/mol. The molecule has 0 unspecified atom stereocenters. The molecule has 0 aliphatic carbocycles. The fourth-order valence-corrected chi connectivity index (χ4v) is 4.59. The van der Waals surface area contributed by atoms with Crippen molar-refractivity contribution < 1.29 is 9.53 Å². The molecule has 2 nitrogen and oxygen atoms in total. The SMILES string of the molecule is COC(=O)c1[se]c2ccccc2c1Br. The molecule has 0 radical (unpaired) electrons. The van der Waals surface area contributed by atoms with Crippen molar-refractivity contribution >= 4 is 46.0 Å². The molecule has 0 N–H and O–H groups in total. The molecule has 2 rings (SSSR count). The van der Waals surface area contributed by atoms with E-state index in [-0.39, 0.29) is 20.5 Å². The molecule has 72 valence electrons. The molecule has 0 amide bonds. The van der Waals surface area contributed by atoms with Crippen molar-refractivity contribution in [2.24, 2.45) is 0 Å². The Hall–Kier alpha value is -0.571. The number of hydrogen-bond acceptors (Lipinski definition) is 2. The third-order valence-corrected chi connectivity index (χ3v) is 5.73. The van der Waals surface area contributed by atoms with Crippen LogP contribution in [0.1, 0.15) is 9.23 Å². The summed E-state index contributed by atoms with van der Waals surface area (Å²) in [7, 11) is 1.41. The molecule has 1 aromatic heterocycles. The van der Waals surface area contributed by atoms with Gasteiger partial charge in [-0.1, -0.05) is 0 Å². The molecule has 1 heterocycles. The number of benzene rings is 1. The second kappa shape index (κ2) is 3.89. The van der Waals surface area contributed by atoms with Gasteiger partial charge in [0.05, 0.1) is 0 Å². The Bertz CT molecular complexity index is 490. The Morgan fingerprint density at radius 2 is 2.14 bits per heavy atom. The van der Waals surface area contributed by atoms with Gasteiger partial charge < -0.3 is 0 Å². The fraction of sp³-hybridized carbons (Fsp3) is 0.100. The minimum absolute atomic E-state index is 0.0719. The first-order valence-electron chi connectivity index (χ1n) is 3.99. The second-order valence-electron chi connectivity index (χ2n) is 2.73. The van der Waals surface area contributed by atoms with Gasteiger partial charge in [0.15, 0.2) is 0 Å². The van der Waals surface area contributed by atoms with Gasteiger partial charge in [0.1, 0.15) is 0 Å². The molecule has 2 aromatic rings. The summed E-state index contributed by atoms with van der Waals surface area (Å²) in [5, 5.41) is 1.12. The van der Waals surface area contributed by atoms with Crippen LogP contribution in [0.25, 0.3) is 9.65 Å². The first kappa shape index (κ1) is 9.96. The van der Waals surface area contributed by atoms with E-state index in [0.717, 1.165) is 14.3 Å². The number of hydrogen-bond donors (Lipinski definition) is 0. The van der Waals surface area contributed by atoms with Crippen LogP contribution in [0.5, 0.6) is 0 Å². The summed E-state index contributed by atoms with van der Waals surface area (Å²) < 4.78 is 7.61. The summed E-state index contributed by atoms with van der Waals surface area (Å²) >= 11 is 3.51. The van der Waals surface area contributed by atoms with E-state index in [1.54, 1.807) is 0 Å². The molecule has 0 spiro atoms. The molecule has 14 heavy (non-hydrogen) atoms. The number of methoxy groups -OCH3 is 1. The molecule has 0 aliphatic heterocycles. The van der Waals surface area contributed by atoms with Crippen molar-refractivity contribution in [2.45, 2.75) is 0 Å². The number of ether oxygens (including phenoxy) is 1. The summed E-state index contributed by atoms with van der Waals surface area (Å²) in [6, 6.07) is 8.01. The van der Waals surface area contributed by atoms with Crippen LogP contribution >= 0.6 is 15.9 Å². The molecular weight excluding hydrogens is 311 g/mol. The van der Waals surface area contributed by atoms with E-state index in [2.05, 4.69) is 15.9 Å². The Labute approximate surface area is 95.7 Å². The summed E-state index contributed by atoms with van der Waals surface area (Å²) in [4.78, 5) is 11.4. The normalized spacial score (nSPS) is 10.4. The Kier molecular flexibility index (Phi) is 2.77. The molecule has 0 saturated carbocycles. The van der Waals surface area contributed by atoms with Crippen molar-refractivity contribution in [3.8, 4) is 0 Å². The number of rotatable bonds is 1. The number of carbonyl (C=O) groups excluding carboxylic acids is 1. The summed E-state index contributed by atoms with van der Waals surface area (Å²) in [6.07, 6.45) is 0. The summed E-state index contributed by atoms with van der Waals surface area (Å²) in [5.41, 5.74) is 0. The Morgan fingerprint density at radius 1 is 1.43 bits per heavy atom. The van der Waals surface area contributed by atoms with E-state index >= 15 is 0 Å². The zero-order chi connectivity index (χ0) is 10.1. The zero-order valence-electron chi connectivity index (χ0n) is 7.41.